The van der Waals surface area contributed by atoms with Crippen molar-refractivity contribution in [3.05, 3.63) is 35.6 Å². The van der Waals surface area contributed by atoms with Crippen LogP contribution in [0.2, 0.25) is 0 Å². The predicted octanol–water partition coefficient (Wildman–Crippen LogP) is 3.10. The van der Waals surface area contributed by atoms with Crippen LogP contribution >= 0.6 is 0 Å². The van der Waals surface area contributed by atoms with Gasteiger partial charge >= 0.3 is 0 Å². The SMILES string of the molecule is CC1CCCC(CN(C)C)C1(O)Cc1cccc(F)c1. The molecule has 2 rings (SSSR count). The first-order valence-corrected chi connectivity index (χ1v) is 7.53. The fraction of sp³-hybridized carbons (Fsp3) is 0.647. The highest BCUT2D eigenvalue weighted by molar-refractivity contribution is 5.19. The Kier molecular flexibility index (Phi) is 4.82. The Bertz CT molecular complexity index is 448. The zero-order valence-corrected chi connectivity index (χ0v) is 12.8. The number of hydrogen-bond acceptors (Lipinski definition) is 2. The zero-order chi connectivity index (χ0) is 14.8. The number of aliphatic hydroxyl groups is 1. The Morgan fingerprint density at radius 3 is 2.75 bits per heavy atom. The first kappa shape index (κ1) is 15.5. The van der Waals surface area contributed by atoms with Crippen molar-refractivity contribution < 1.29 is 9.50 Å². The lowest BCUT2D eigenvalue weighted by Gasteiger charge is -2.46. The van der Waals surface area contributed by atoms with Gasteiger partial charge in [-0.1, -0.05) is 25.5 Å². The van der Waals surface area contributed by atoms with E-state index in [-0.39, 0.29) is 17.7 Å². The second-order valence-electron chi connectivity index (χ2n) is 6.59. The van der Waals surface area contributed by atoms with Gasteiger partial charge in [-0.05, 0) is 50.6 Å². The first-order chi connectivity index (χ1) is 9.41. The molecule has 3 atom stereocenters. The van der Waals surface area contributed by atoms with Crippen LogP contribution in [0.3, 0.4) is 0 Å². The molecule has 0 aliphatic heterocycles. The molecule has 3 unspecified atom stereocenters. The summed E-state index contributed by atoms with van der Waals surface area (Å²) < 4.78 is 13.4. The second-order valence-corrected chi connectivity index (χ2v) is 6.59. The minimum absolute atomic E-state index is 0.223. The molecule has 1 aliphatic rings. The summed E-state index contributed by atoms with van der Waals surface area (Å²) in [5, 5.41) is 11.2. The monoisotopic (exact) mass is 279 g/mol. The molecular formula is C17H26FNO. The molecule has 0 heterocycles. The number of benzene rings is 1. The van der Waals surface area contributed by atoms with Gasteiger partial charge in [0.1, 0.15) is 5.82 Å². The van der Waals surface area contributed by atoms with Crippen LogP contribution in [0.4, 0.5) is 4.39 Å². The molecule has 1 saturated carbocycles. The highest BCUT2D eigenvalue weighted by Crippen LogP contribution is 2.40. The largest absolute Gasteiger partial charge is 0.389 e. The highest BCUT2D eigenvalue weighted by Gasteiger charge is 2.44. The normalized spacial score (nSPS) is 30.7. The molecule has 2 nitrogen and oxygen atoms in total. The summed E-state index contributed by atoms with van der Waals surface area (Å²) in [6, 6.07) is 6.64. The third-order valence-electron chi connectivity index (χ3n) is 4.71. The lowest BCUT2D eigenvalue weighted by Crippen LogP contribution is -2.51. The van der Waals surface area contributed by atoms with Gasteiger partial charge in [-0.25, -0.2) is 4.39 Å². The summed E-state index contributed by atoms with van der Waals surface area (Å²) in [6.45, 7) is 3.01. The molecule has 0 radical (unpaired) electrons. The van der Waals surface area contributed by atoms with Crippen molar-refractivity contribution in [2.24, 2.45) is 11.8 Å². The Hall–Kier alpha value is -0.930. The van der Waals surface area contributed by atoms with Gasteiger partial charge in [0.25, 0.3) is 0 Å². The van der Waals surface area contributed by atoms with E-state index >= 15 is 0 Å². The van der Waals surface area contributed by atoms with Crippen molar-refractivity contribution in [2.45, 2.75) is 38.2 Å². The first-order valence-electron chi connectivity index (χ1n) is 7.53. The van der Waals surface area contributed by atoms with Crippen LogP contribution in [0.5, 0.6) is 0 Å². The molecule has 0 bridgehead atoms. The van der Waals surface area contributed by atoms with E-state index in [1.165, 1.54) is 12.5 Å². The molecule has 112 valence electrons. The summed E-state index contributed by atoms with van der Waals surface area (Å²) in [5.41, 5.74) is 0.168. The van der Waals surface area contributed by atoms with E-state index in [4.69, 9.17) is 0 Å². The third kappa shape index (κ3) is 3.39. The van der Waals surface area contributed by atoms with Crippen LogP contribution < -0.4 is 0 Å². The van der Waals surface area contributed by atoms with Gasteiger partial charge in [-0.15, -0.1) is 0 Å². The second kappa shape index (κ2) is 6.23. The Morgan fingerprint density at radius 1 is 1.35 bits per heavy atom. The summed E-state index contributed by atoms with van der Waals surface area (Å²) in [7, 11) is 4.09. The third-order valence-corrected chi connectivity index (χ3v) is 4.71. The van der Waals surface area contributed by atoms with Gasteiger partial charge in [0, 0.05) is 18.9 Å². The van der Waals surface area contributed by atoms with Crippen molar-refractivity contribution in [3.63, 3.8) is 0 Å². The highest BCUT2D eigenvalue weighted by atomic mass is 19.1. The van der Waals surface area contributed by atoms with Crippen molar-refractivity contribution in [1.82, 2.24) is 4.90 Å². The van der Waals surface area contributed by atoms with Gasteiger partial charge in [0.05, 0.1) is 5.60 Å². The van der Waals surface area contributed by atoms with Gasteiger partial charge in [-0.2, -0.15) is 0 Å². The maximum atomic E-state index is 13.4. The predicted molar refractivity (Wildman–Crippen MR) is 80.1 cm³/mol. The lowest BCUT2D eigenvalue weighted by atomic mass is 9.66. The van der Waals surface area contributed by atoms with Crippen LogP contribution in [0, 0.1) is 17.7 Å². The van der Waals surface area contributed by atoms with Crippen LogP contribution in [0.15, 0.2) is 24.3 Å². The van der Waals surface area contributed by atoms with E-state index in [0.29, 0.717) is 6.42 Å². The molecular weight excluding hydrogens is 253 g/mol. The van der Waals surface area contributed by atoms with E-state index in [0.717, 1.165) is 24.9 Å². The summed E-state index contributed by atoms with van der Waals surface area (Å²) in [4.78, 5) is 2.14. The molecule has 0 aromatic heterocycles. The van der Waals surface area contributed by atoms with E-state index in [1.54, 1.807) is 12.1 Å². The van der Waals surface area contributed by atoms with Crippen molar-refractivity contribution in [2.75, 3.05) is 20.6 Å². The van der Waals surface area contributed by atoms with Crippen molar-refractivity contribution in [1.29, 1.82) is 0 Å². The summed E-state index contributed by atoms with van der Waals surface area (Å²) in [5.74, 6) is 0.285. The fourth-order valence-electron chi connectivity index (χ4n) is 3.56. The molecule has 0 saturated heterocycles. The van der Waals surface area contributed by atoms with E-state index < -0.39 is 5.60 Å². The topological polar surface area (TPSA) is 23.5 Å². The average molecular weight is 279 g/mol. The Labute approximate surface area is 121 Å². The van der Waals surface area contributed by atoms with E-state index in [9.17, 15) is 9.50 Å². The van der Waals surface area contributed by atoms with Gasteiger partial charge in [0.15, 0.2) is 0 Å². The standard InChI is InChI=1S/C17H26FNO/c1-13-6-4-8-15(12-19(2)3)17(13,20)11-14-7-5-9-16(18)10-14/h5,7,9-10,13,15,20H,4,6,8,11-12H2,1-3H3. The van der Waals surface area contributed by atoms with Crippen LogP contribution in [0.1, 0.15) is 31.7 Å². The van der Waals surface area contributed by atoms with Gasteiger partial charge in [-0.3, -0.25) is 0 Å². The molecule has 1 aliphatic carbocycles. The van der Waals surface area contributed by atoms with E-state index in [2.05, 4.69) is 11.8 Å². The average Bonchev–Trinajstić information content (AvgIpc) is 2.35. The molecule has 0 spiro atoms. The summed E-state index contributed by atoms with van der Waals surface area (Å²) in [6.07, 6.45) is 3.82. The number of rotatable bonds is 4. The van der Waals surface area contributed by atoms with Gasteiger partial charge < -0.3 is 10.0 Å². The zero-order valence-electron chi connectivity index (χ0n) is 12.8. The minimum Gasteiger partial charge on any atom is -0.389 e. The number of nitrogens with zero attached hydrogens (tertiary/aromatic N) is 1. The van der Waals surface area contributed by atoms with Gasteiger partial charge in [0.2, 0.25) is 0 Å². The smallest absolute Gasteiger partial charge is 0.123 e. The Balaban J connectivity index is 2.21. The number of halogens is 1. The summed E-state index contributed by atoms with van der Waals surface area (Å²) >= 11 is 0. The maximum absolute atomic E-state index is 13.4. The van der Waals surface area contributed by atoms with Crippen LogP contribution in [0.25, 0.3) is 0 Å². The molecule has 1 aromatic rings. The Morgan fingerprint density at radius 2 is 2.10 bits per heavy atom. The lowest BCUT2D eigenvalue weighted by molar-refractivity contribution is -0.0939. The van der Waals surface area contributed by atoms with Crippen molar-refractivity contribution in [3.8, 4) is 0 Å². The van der Waals surface area contributed by atoms with Crippen LogP contribution in [-0.2, 0) is 6.42 Å². The fourth-order valence-corrected chi connectivity index (χ4v) is 3.56. The molecule has 20 heavy (non-hydrogen) atoms. The molecule has 0 amide bonds. The molecule has 1 N–H and O–H groups in total. The number of hydrogen-bond donors (Lipinski definition) is 1. The molecule has 1 aromatic carbocycles. The maximum Gasteiger partial charge on any atom is 0.123 e. The minimum atomic E-state index is -0.726. The molecule has 1 fully saturated rings. The quantitative estimate of drug-likeness (QED) is 0.915. The van der Waals surface area contributed by atoms with Crippen molar-refractivity contribution >= 4 is 0 Å². The molecule has 3 heteroatoms. The van der Waals surface area contributed by atoms with Crippen LogP contribution in [-0.4, -0.2) is 36.2 Å². The van der Waals surface area contributed by atoms with E-state index in [1.807, 2.05) is 20.2 Å².